The van der Waals surface area contributed by atoms with Crippen LogP contribution in [0, 0.1) is 0 Å². The molecule has 0 bridgehead atoms. The molecule has 0 saturated heterocycles. The third-order valence-electron chi connectivity index (χ3n) is 4.51. The molecule has 2 aromatic rings. The molecule has 1 amide bonds. The zero-order chi connectivity index (χ0) is 19.2. The number of nitrogens with one attached hydrogen (secondary N) is 2. The topological polar surface area (TPSA) is 69.1 Å². The summed E-state index contributed by atoms with van der Waals surface area (Å²) in [6.45, 7) is 2.72. The molecule has 2 N–H and O–H groups in total. The van der Waals surface area contributed by atoms with Gasteiger partial charge in [0.2, 0.25) is 6.79 Å². The van der Waals surface area contributed by atoms with Gasteiger partial charge in [0, 0.05) is 5.56 Å². The van der Waals surface area contributed by atoms with Crippen molar-refractivity contribution in [2.75, 3.05) is 20.4 Å². The van der Waals surface area contributed by atoms with Crippen molar-refractivity contribution >= 4 is 11.7 Å². The highest BCUT2D eigenvalue weighted by Crippen LogP contribution is 2.32. The first-order valence-electron chi connectivity index (χ1n) is 9.05. The monoisotopic (exact) mass is 369 g/mol. The molecule has 6 heteroatoms. The summed E-state index contributed by atoms with van der Waals surface area (Å²) in [5, 5.41) is 2.87. The summed E-state index contributed by atoms with van der Waals surface area (Å²) >= 11 is 0. The molecule has 0 radical (unpaired) electrons. The van der Waals surface area contributed by atoms with Crippen LogP contribution in [-0.4, -0.2) is 38.1 Å². The number of fused-ring (bicyclic) bond motifs is 1. The van der Waals surface area contributed by atoms with Crippen LogP contribution in [-0.2, 0) is 22.6 Å². The minimum Gasteiger partial charge on any atom is -0.454 e. The Morgan fingerprint density at radius 2 is 1.81 bits per heavy atom. The molecule has 0 saturated carbocycles. The molecule has 0 fully saturated rings. The van der Waals surface area contributed by atoms with Crippen LogP contribution in [0.15, 0.2) is 48.5 Å². The summed E-state index contributed by atoms with van der Waals surface area (Å²) in [6, 6.07) is 15.0. The molecular weight excluding hydrogens is 344 g/mol. The van der Waals surface area contributed by atoms with Crippen molar-refractivity contribution in [3.8, 4) is 11.5 Å². The van der Waals surface area contributed by atoms with E-state index in [9.17, 15) is 9.59 Å². The number of ketones is 1. The minimum absolute atomic E-state index is 0.0411. The van der Waals surface area contributed by atoms with Crippen molar-refractivity contribution in [1.29, 1.82) is 0 Å². The molecule has 1 aliphatic heterocycles. The van der Waals surface area contributed by atoms with Crippen LogP contribution in [0.5, 0.6) is 11.5 Å². The van der Waals surface area contributed by atoms with Crippen molar-refractivity contribution in [2.24, 2.45) is 0 Å². The van der Waals surface area contributed by atoms with E-state index in [-0.39, 0.29) is 25.0 Å². The molecule has 2 aromatic carbocycles. The SMILES string of the molecule is CC(=O)[C@H](Cc1ccccc1)NC(=O)C[NH+](C)Cc1ccc2c(c1)OCO2. The van der Waals surface area contributed by atoms with Gasteiger partial charge in [-0.25, -0.2) is 0 Å². The average Bonchev–Trinajstić information content (AvgIpc) is 3.09. The van der Waals surface area contributed by atoms with Gasteiger partial charge in [0.1, 0.15) is 6.54 Å². The number of rotatable bonds is 8. The summed E-state index contributed by atoms with van der Waals surface area (Å²) in [4.78, 5) is 25.4. The van der Waals surface area contributed by atoms with Gasteiger partial charge >= 0.3 is 0 Å². The first-order chi connectivity index (χ1) is 13.0. The van der Waals surface area contributed by atoms with Gasteiger partial charge in [0.15, 0.2) is 23.8 Å². The highest BCUT2D eigenvalue weighted by atomic mass is 16.7. The van der Waals surface area contributed by atoms with E-state index < -0.39 is 6.04 Å². The van der Waals surface area contributed by atoms with Crippen molar-refractivity contribution in [2.45, 2.75) is 25.9 Å². The molecule has 1 heterocycles. The number of hydrogen-bond acceptors (Lipinski definition) is 4. The lowest BCUT2D eigenvalue weighted by Crippen LogP contribution is -3.09. The zero-order valence-electron chi connectivity index (χ0n) is 15.7. The number of benzene rings is 2. The summed E-state index contributed by atoms with van der Waals surface area (Å²) < 4.78 is 10.7. The Bertz CT molecular complexity index is 807. The normalized spacial score (nSPS) is 14.4. The smallest absolute Gasteiger partial charge is 0.275 e. The third-order valence-corrected chi connectivity index (χ3v) is 4.51. The van der Waals surface area contributed by atoms with E-state index in [0.29, 0.717) is 13.0 Å². The van der Waals surface area contributed by atoms with Gasteiger partial charge in [-0.1, -0.05) is 30.3 Å². The van der Waals surface area contributed by atoms with Crippen LogP contribution in [0.2, 0.25) is 0 Å². The fourth-order valence-electron chi connectivity index (χ4n) is 3.13. The summed E-state index contributed by atoms with van der Waals surface area (Å²) in [5.41, 5.74) is 2.09. The number of carbonyl (C=O) groups is 2. The van der Waals surface area contributed by atoms with Gasteiger partial charge in [0.25, 0.3) is 5.91 Å². The molecule has 1 unspecified atom stereocenters. The second-order valence-electron chi connectivity index (χ2n) is 6.92. The van der Waals surface area contributed by atoms with E-state index in [2.05, 4.69) is 5.32 Å². The van der Waals surface area contributed by atoms with E-state index in [1.54, 1.807) is 0 Å². The lowest BCUT2D eigenvalue weighted by molar-refractivity contribution is -0.885. The van der Waals surface area contributed by atoms with Crippen molar-refractivity contribution in [3.05, 3.63) is 59.7 Å². The molecule has 6 nitrogen and oxygen atoms in total. The summed E-state index contributed by atoms with van der Waals surface area (Å²) in [5.74, 6) is 1.31. The first-order valence-corrected chi connectivity index (χ1v) is 9.05. The van der Waals surface area contributed by atoms with E-state index in [4.69, 9.17) is 9.47 Å². The highest BCUT2D eigenvalue weighted by molar-refractivity contribution is 5.88. The van der Waals surface area contributed by atoms with E-state index in [1.807, 2.05) is 55.6 Å². The Morgan fingerprint density at radius 3 is 2.56 bits per heavy atom. The fourth-order valence-corrected chi connectivity index (χ4v) is 3.13. The van der Waals surface area contributed by atoms with Crippen LogP contribution < -0.4 is 19.7 Å². The molecule has 0 aromatic heterocycles. The van der Waals surface area contributed by atoms with Gasteiger partial charge in [-0.15, -0.1) is 0 Å². The zero-order valence-corrected chi connectivity index (χ0v) is 15.7. The van der Waals surface area contributed by atoms with Gasteiger partial charge in [-0.2, -0.15) is 0 Å². The molecule has 142 valence electrons. The van der Waals surface area contributed by atoms with Gasteiger partial charge < -0.3 is 19.7 Å². The summed E-state index contributed by atoms with van der Waals surface area (Å²) in [6.07, 6.45) is 0.503. The number of hydrogen-bond donors (Lipinski definition) is 2. The van der Waals surface area contributed by atoms with Gasteiger partial charge in [-0.3, -0.25) is 9.59 Å². The average molecular weight is 369 g/mol. The van der Waals surface area contributed by atoms with Crippen LogP contribution in [0.25, 0.3) is 0 Å². The summed E-state index contributed by atoms with van der Waals surface area (Å²) in [7, 11) is 1.95. The number of Topliss-reactive ketones (excluding diaryl/α,β-unsaturated/α-hetero) is 1. The Morgan fingerprint density at radius 1 is 1.07 bits per heavy atom. The number of ether oxygens (including phenoxy) is 2. The van der Waals surface area contributed by atoms with Crippen LogP contribution in [0.3, 0.4) is 0 Å². The molecule has 3 rings (SSSR count). The first kappa shape index (κ1) is 18.9. The number of quaternary nitrogens is 1. The van der Waals surface area contributed by atoms with E-state index >= 15 is 0 Å². The molecule has 1 aliphatic rings. The van der Waals surface area contributed by atoms with Crippen molar-refractivity contribution in [1.82, 2.24) is 5.32 Å². The Balaban J connectivity index is 1.53. The van der Waals surface area contributed by atoms with Crippen LogP contribution in [0.1, 0.15) is 18.1 Å². The third kappa shape index (κ3) is 5.31. The maximum absolute atomic E-state index is 12.4. The molecular formula is C21H25N2O4+. The molecule has 2 atom stereocenters. The Kier molecular flexibility index (Phi) is 6.08. The number of amides is 1. The van der Waals surface area contributed by atoms with Crippen molar-refractivity contribution < 1.29 is 24.0 Å². The van der Waals surface area contributed by atoms with Crippen LogP contribution in [0.4, 0.5) is 0 Å². The van der Waals surface area contributed by atoms with E-state index in [0.717, 1.165) is 27.5 Å². The largest absolute Gasteiger partial charge is 0.454 e. The predicted octanol–water partition coefficient (Wildman–Crippen LogP) is 0.747. The standard InChI is InChI=1S/C21H24N2O4/c1-15(24)18(10-16-6-4-3-5-7-16)22-21(25)13-23(2)12-17-8-9-19-20(11-17)27-14-26-19/h3-9,11,18H,10,12-14H2,1-2H3,(H,22,25)/p+1/t18-/m0/s1. The fraction of sp³-hybridized carbons (Fsp3) is 0.333. The second-order valence-corrected chi connectivity index (χ2v) is 6.92. The number of likely N-dealkylation sites (N-methyl/N-ethyl adjacent to an activating group) is 1. The lowest BCUT2D eigenvalue weighted by atomic mass is 10.0. The second kappa shape index (κ2) is 8.68. The lowest BCUT2D eigenvalue weighted by Gasteiger charge is -2.18. The highest BCUT2D eigenvalue weighted by Gasteiger charge is 2.20. The molecule has 0 spiro atoms. The van der Waals surface area contributed by atoms with E-state index in [1.165, 1.54) is 6.92 Å². The Hall–Kier alpha value is -2.86. The maximum Gasteiger partial charge on any atom is 0.275 e. The maximum atomic E-state index is 12.4. The van der Waals surface area contributed by atoms with Crippen LogP contribution >= 0.6 is 0 Å². The van der Waals surface area contributed by atoms with Gasteiger partial charge in [-0.05, 0) is 37.1 Å². The Labute approximate surface area is 159 Å². The molecule has 27 heavy (non-hydrogen) atoms. The molecule has 0 aliphatic carbocycles. The van der Waals surface area contributed by atoms with Crippen molar-refractivity contribution in [3.63, 3.8) is 0 Å². The minimum atomic E-state index is -0.502. The van der Waals surface area contributed by atoms with Gasteiger partial charge in [0.05, 0.1) is 13.1 Å². The number of carbonyl (C=O) groups excluding carboxylic acids is 2. The quantitative estimate of drug-likeness (QED) is 0.720. The predicted molar refractivity (Wildman–Crippen MR) is 101 cm³/mol.